The molecule has 1 aromatic carbocycles. The van der Waals surface area contributed by atoms with E-state index >= 15 is 0 Å². The molecule has 0 saturated carbocycles. The van der Waals surface area contributed by atoms with Gasteiger partial charge in [-0.1, -0.05) is 30.3 Å². The van der Waals surface area contributed by atoms with Crippen LogP contribution in [0.4, 0.5) is 0 Å². The number of likely N-dealkylation sites (N-methyl/N-ethyl adjacent to an activating group) is 1. The zero-order valence-corrected chi connectivity index (χ0v) is 18.0. The average molecular weight is 388 g/mol. The molecule has 6 nitrogen and oxygen atoms in total. The molecule has 0 aliphatic carbocycles. The van der Waals surface area contributed by atoms with E-state index < -0.39 is 0 Å². The first kappa shape index (κ1) is 21.1. The molecule has 156 valence electrons. The van der Waals surface area contributed by atoms with Crippen molar-refractivity contribution in [2.24, 2.45) is 4.99 Å². The fourth-order valence-electron chi connectivity index (χ4n) is 3.94. The Balaban J connectivity index is 1.62. The fourth-order valence-corrected chi connectivity index (χ4v) is 3.94. The van der Waals surface area contributed by atoms with Gasteiger partial charge >= 0.3 is 0 Å². The van der Waals surface area contributed by atoms with Gasteiger partial charge in [0.2, 0.25) is 0 Å². The molecule has 2 aliphatic rings. The number of nitrogens with one attached hydrogen (secondary N) is 1. The Hall–Kier alpha value is -1.63. The third-order valence-electron chi connectivity index (χ3n) is 5.88. The lowest BCUT2D eigenvalue weighted by atomic mass is 10.1. The van der Waals surface area contributed by atoms with Gasteiger partial charge in [0, 0.05) is 45.3 Å². The number of ether oxygens (including phenoxy) is 1. The lowest BCUT2D eigenvalue weighted by Gasteiger charge is -2.36. The summed E-state index contributed by atoms with van der Waals surface area (Å²) in [6, 6.07) is 11.7. The largest absolute Gasteiger partial charge is 0.373 e. The van der Waals surface area contributed by atoms with Crippen molar-refractivity contribution in [2.45, 2.75) is 45.5 Å². The van der Waals surface area contributed by atoms with Gasteiger partial charge in [0.25, 0.3) is 0 Å². The lowest BCUT2D eigenvalue weighted by molar-refractivity contribution is -0.0502. The van der Waals surface area contributed by atoms with E-state index in [0.29, 0.717) is 12.1 Å². The molecule has 0 spiro atoms. The lowest BCUT2D eigenvalue weighted by Crippen LogP contribution is -2.50. The van der Waals surface area contributed by atoms with Crippen LogP contribution in [0.15, 0.2) is 35.3 Å². The topological polar surface area (TPSA) is 43.3 Å². The molecule has 0 amide bonds. The summed E-state index contributed by atoms with van der Waals surface area (Å²) in [7, 11) is 2.16. The predicted octanol–water partition coefficient (Wildman–Crippen LogP) is 1.88. The summed E-state index contributed by atoms with van der Waals surface area (Å²) in [4.78, 5) is 12.2. The third kappa shape index (κ3) is 5.46. The number of aliphatic imine (C=N–C) groups is 1. The van der Waals surface area contributed by atoms with Gasteiger partial charge in [0.05, 0.1) is 25.3 Å². The Kier molecular flexibility index (Phi) is 7.71. The SMILES string of the molecule is CCNC(=NCCN(C)C(C)C)N1CC2OCCN(Cc3ccccc3)C2C1. The van der Waals surface area contributed by atoms with Crippen LogP contribution in [0.2, 0.25) is 0 Å². The first-order valence-corrected chi connectivity index (χ1v) is 10.7. The number of hydrogen-bond acceptors (Lipinski definition) is 4. The number of likely N-dealkylation sites (tertiary alicyclic amines) is 1. The number of guanidine groups is 1. The Morgan fingerprint density at radius 1 is 1.29 bits per heavy atom. The van der Waals surface area contributed by atoms with E-state index in [1.807, 2.05) is 0 Å². The fraction of sp³-hybridized carbons (Fsp3) is 0.682. The smallest absolute Gasteiger partial charge is 0.194 e. The maximum Gasteiger partial charge on any atom is 0.194 e. The van der Waals surface area contributed by atoms with E-state index in [9.17, 15) is 0 Å². The summed E-state index contributed by atoms with van der Waals surface area (Å²) in [6.07, 6.45) is 0.264. The van der Waals surface area contributed by atoms with Crippen molar-refractivity contribution >= 4 is 5.96 Å². The molecule has 2 unspecified atom stereocenters. The molecule has 2 aliphatic heterocycles. The van der Waals surface area contributed by atoms with E-state index in [2.05, 4.69) is 78.2 Å². The minimum Gasteiger partial charge on any atom is -0.373 e. The van der Waals surface area contributed by atoms with E-state index in [1.165, 1.54) is 5.56 Å². The molecule has 0 radical (unpaired) electrons. The van der Waals surface area contributed by atoms with E-state index in [4.69, 9.17) is 9.73 Å². The van der Waals surface area contributed by atoms with Crippen LogP contribution in [0, 0.1) is 0 Å². The van der Waals surface area contributed by atoms with Crippen molar-refractivity contribution in [2.75, 3.05) is 52.9 Å². The standard InChI is InChI=1S/C22H37N5O/c1-5-23-22(24-11-12-25(4)18(2)3)27-16-20-21(17-27)28-14-13-26(20)15-19-9-7-6-8-10-19/h6-10,18,20-21H,5,11-17H2,1-4H3,(H,23,24). The molecule has 1 aromatic rings. The zero-order chi connectivity index (χ0) is 19.9. The van der Waals surface area contributed by atoms with Crippen molar-refractivity contribution in [1.29, 1.82) is 0 Å². The molecule has 3 rings (SSSR count). The quantitative estimate of drug-likeness (QED) is 0.572. The number of benzene rings is 1. The van der Waals surface area contributed by atoms with Gasteiger partial charge in [0.15, 0.2) is 5.96 Å². The Morgan fingerprint density at radius 3 is 2.79 bits per heavy atom. The van der Waals surface area contributed by atoms with Crippen LogP contribution in [0.3, 0.4) is 0 Å². The average Bonchev–Trinajstić information content (AvgIpc) is 3.13. The molecule has 2 heterocycles. The maximum absolute atomic E-state index is 6.13. The summed E-state index contributed by atoms with van der Waals surface area (Å²) >= 11 is 0. The number of hydrogen-bond donors (Lipinski definition) is 1. The molecule has 0 bridgehead atoms. The summed E-state index contributed by atoms with van der Waals surface area (Å²) in [5, 5.41) is 3.49. The van der Waals surface area contributed by atoms with Crippen LogP contribution in [0.25, 0.3) is 0 Å². The number of morpholine rings is 1. The first-order chi connectivity index (χ1) is 13.6. The third-order valence-corrected chi connectivity index (χ3v) is 5.88. The van der Waals surface area contributed by atoms with Crippen molar-refractivity contribution in [1.82, 2.24) is 20.0 Å². The molecular formula is C22H37N5O. The van der Waals surface area contributed by atoms with Crippen LogP contribution >= 0.6 is 0 Å². The van der Waals surface area contributed by atoms with Crippen LogP contribution in [-0.2, 0) is 11.3 Å². The van der Waals surface area contributed by atoms with Gasteiger partial charge in [0.1, 0.15) is 0 Å². The van der Waals surface area contributed by atoms with Crippen molar-refractivity contribution in [3.05, 3.63) is 35.9 Å². The highest BCUT2D eigenvalue weighted by Gasteiger charge is 2.41. The van der Waals surface area contributed by atoms with Gasteiger partial charge in [-0.25, -0.2) is 0 Å². The Bertz CT molecular complexity index is 621. The molecule has 0 aromatic heterocycles. The van der Waals surface area contributed by atoms with Crippen LogP contribution < -0.4 is 5.32 Å². The van der Waals surface area contributed by atoms with Crippen molar-refractivity contribution in [3.8, 4) is 0 Å². The predicted molar refractivity (Wildman–Crippen MR) is 116 cm³/mol. The van der Waals surface area contributed by atoms with Crippen LogP contribution in [-0.4, -0.2) is 91.8 Å². The molecular weight excluding hydrogens is 350 g/mol. The summed E-state index contributed by atoms with van der Waals surface area (Å²) in [6.45, 7) is 14.0. The van der Waals surface area contributed by atoms with E-state index in [-0.39, 0.29) is 6.10 Å². The highest BCUT2D eigenvalue weighted by atomic mass is 16.5. The highest BCUT2D eigenvalue weighted by Crippen LogP contribution is 2.24. The second-order valence-electron chi connectivity index (χ2n) is 8.15. The van der Waals surface area contributed by atoms with Gasteiger partial charge in [-0.2, -0.15) is 0 Å². The summed E-state index contributed by atoms with van der Waals surface area (Å²) in [5.74, 6) is 1.03. The summed E-state index contributed by atoms with van der Waals surface area (Å²) in [5.41, 5.74) is 1.37. The van der Waals surface area contributed by atoms with Gasteiger partial charge < -0.3 is 19.9 Å². The van der Waals surface area contributed by atoms with E-state index in [0.717, 1.165) is 58.4 Å². The molecule has 1 N–H and O–H groups in total. The minimum atomic E-state index is 0.264. The van der Waals surface area contributed by atoms with Crippen molar-refractivity contribution < 1.29 is 4.74 Å². The van der Waals surface area contributed by atoms with Gasteiger partial charge in [-0.05, 0) is 33.4 Å². The monoisotopic (exact) mass is 387 g/mol. The number of rotatable bonds is 7. The summed E-state index contributed by atoms with van der Waals surface area (Å²) < 4.78 is 6.13. The zero-order valence-electron chi connectivity index (χ0n) is 18.0. The second kappa shape index (κ2) is 10.2. The number of nitrogens with zero attached hydrogens (tertiary/aromatic N) is 4. The van der Waals surface area contributed by atoms with Crippen molar-refractivity contribution in [3.63, 3.8) is 0 Å². The molecule has 6 heteroatoms. The molecule has 2 fully saturated rings. The van der Waals surface area contributed by atoms with Gasteiger partial charge in [-0.3, -0.25) is 9.89 Å². The van der Waals surface area contributed by atoms with Gasteiger partial charge in [-0.15, -0.1) is 0 Å². The normalized spacial score (nSPS) is 23.5. The Labute approximate surface area is 170 Å². The number of fused-ring (bicyclic) bond motifs is 1. The van der Waals surface area contributed by atoms with E-state index in [1.54, 1.807) is 0 Å². The van der Waals surface area contributed by atoms with Crippen LogP contribution in [0.5, 0.6) is 0 Å². The molecule has 28 heavy (non-hydrogen) atoms. The highest BCUT2D eigenvalue weighted by molar-refractivity contribution is 5.80. The first-order valence-electron chi connectivity index (χ1n) is 10.7. The Morgan fingerprint density at radius 2 is 2.07 bits per heavy atom. The molecule has 2 saturated heterocycles. The second-order valence-corrected chi connectivity index (χ2v) is 8.15. The minimum absolute atomic E-state index is 0.264. The van der Waals surface area contributed by atoms with Crippen LogP contribution in [0.1, 0.15) is 26.3 Å². The molecule has 2 atom stereocenters. The maximum atomic E-state index is 6.13.